The third-order valence-corrected chi connectivity index (χ3v) is 8.27. The van der Waals surface area contributed by atoms with Crippen molar-refractivity contribution in [3.8, 4) is 17.1 Å². The number of fused-ring (bicyclic) bond motifs is 2. The van der Waals surface area contributed by atoms with E-state index >= 15 is 0 Å². The van der Waals surface area contributed by atoms with Crippen LogP contribution in [0.2, 0.25) is 10.0 Å². The molecule has 5 nitrogen and oxygen atoms in total. The smallest absolute Gasteiger partial charge is 0.0900 e. The predicted molar refractivity (Wildman–Crippen MR) is 170 cm³/mol. The van der Waals surface area contributed by atoms with E-state index in [1.165, 1.54) is 32.1 Å². The lowest BCUT2D eigenvalue weighted by Crippen LogP contribution is -2.19. The Hall–Kier alpha value is -3.38. The van der Waals surface area contributed by atoms with Gasteiger partial charge in [-0.1, -0.05) is 61.4 Å². The van der Waals surface area contributed by atoms with Gasteiger partial charge in [0.15, 0.2) is 0 Å². The van der Waals surface area contributed by atoms with E-state index in [9.17, 15) is 0 Å². The van der Waals surface area contributed by atoms with Crippen molar-refractivity contribution in [3.63, 3.8) is 0 Å². The fourth-order valence-electron chi connectivity index (χ4n) is 5.72. The molecule has 3 aromatic carbocycles. The molecule has 0 radical (unpaired) electrons. The van der Waals surface area contributed by atoms with Gasteiger partial charge in [0, 0.05) is 28.5 Å². The van der Waals surface area contributed by atoms with Crippen LogP contribution in [0.4, 0.5) is 11.4 Å². The first-order valence-corrected chi connectivity index (χ1v) is 15.1. The Morgan fingerprint density at radius 1 is 0.854 bits per heavy atom. The number of nitrogens with one attached hydrogen (secondary N) is 1. The summed E-state index contributed by atoms with van der Waals surface area (Å²) in [5.41, 5.74) is 7.74. The highest BCUT2D eigenvalue weighted by atomic mass is 35.5. The van der Waals surface area contributed by atoms with Crippen molar-refractivity contribution in [1.82, 2.24) is 9.55 Å². The van der Waals surface area contributed by atoms with Gasteiger partial charge in [-0.15, -0.1) is 0 Å². The normalized spacial score (nSPS) is 15.2. The number of nitrogens with zero attached hydrogens (tertiary/aromatic N) is 3. The van der Waals surface area contributed by atoms with E-state index in [0.717, 1.165) is 63.2 Å². The van der Waals surface area contributed by atoms with E-state index in [-0.39, 0.29) is 0 Å². The molecule has 1 fully saturated rings. The molecule has 1 heterocycles. The van der Waals surface area contributed by atoms with Crippen LogP contribution in [-0.2, 0) is 11.3 Å². The minimum atomic E-state index is 0.299. The van der Waals surface area contributed by atoms with Crippen LogP contribution in [0, 0.1) is 0 Å². The van der Waals surface area contributed by atoms with E-state index in [0.29, 0.717) is 22.7 Å². The van der Waals surface area contributed by atoms with Crippen molar-refractivity contribution in [1.29, 1.82) is 0 Å². The van der Waals surface area contributed by atoms with E-state index in [1.54, 1.807) is 7.11 Å². The van der Waals surface area contributed by atoms with Gasteiger partial charge >= 0.3 is 0 Å². The molecule has 0 spiro atoms. The number of aromatic nitrogens is 2. The van der Waals surface area contributed by atoms with E-state index < -0.39 is 0 Å². The van der Waals surface area contributed by atoms with Crippen LogP contribution in [0.3, 0.4) is 0 Å². The lowest BCUT2D eigenvalue weighted by atomic mass is 9.97. The minimum Gasteiger partial charge on any atom is -0.380 e. The number of anilines is 2. The number of rotatable bonds is 6. The van der Waals surface area contributed by atoms with Gasteiger partial charge in [-0.3, -0.25) is 4.99 Å². The highest BCUT2D eigenvalue weighted by Crippen LogP contribution is 2.32. The molecule has 0 unspecified atom stereocenters. The fourth-order valence-corrected chi connectivity index (χ4v) is 5.97. The average Bonchev–Trinajstić information content (AvgIpc) is 2.95. The number of hydrogen-bond acceptors (Lipinski definition) is 4. The van der Waals surface area contributed by atoms with Crippen molar-refractivity contribution in [2.45, 2.75) is 57.6 Å². The number of halogens is 2. The maximum absolute atomic E-state index is 6.29. The van der Waals surface area contributed by atoms with Crippen LogP contribution in [-0.4, -0.2) is 22.7 Å². The molecule has 41 heavy (non-hydrogen) atoms. The lowest BCUT2D eigenvalue weighted by Gasteiger charge is -2.21. The summed E-state index contributed by atoms with van der Waals surface area (Å²) >= 11 is 12.5. The first kappa shape index (κ1) is 27.8. The van der Waals surface area contributed by atoms with Gasteiger partial charge in [0.1, 0.15) is 0 Å². The summed E-state index contributed by atoms with van der Waals surface area (Å²) in [6, 6.07) is 26.7. The second-order valence-electron chi connectivity index (χ2n) is 10.8. The summed E-state index contributed by atoms with van der Waals surface area (Å²) < 4.78 is 7.67. The number of benzene rings is 4. The number of hydrogen-bond donors (Lipinski definition) is 1. The zero-order valence-corrected chi connectivity index (χ0v) is 24.8. The van der Waals surface area contributed by atoms with Gasteiger partial charge in [0.2, 0.25) is 0 Å². The highest BCUT2D eigenvalue weighted by molar-refractivity contribution is 6.30. The maximum Gasteiger partial charge on any atom is 0.0900 e. The molecule has 1 aliphatic heterocycles. The zero-order chi connectivity index (χ0) is 28.2. The summed E-state index contributed by atoms with van der Waals surface area (Å²) in [6.07, 6.45) is 8.60. The Kier molecular flexibility index (Phi) is 8.56. The standard InChI is InChI=1S/C34H34Cl2N4O/c1-41-22-23-9-18-33-31(19-23)39-32-20-29(38-27-14-10-24(35)11-15-27)30(37-26-7-5-3-2-4-6-8-26)21-34(32)40(33)28-16-12-25(36)13-17-28/h9-21,26,38H,2-8,22H2,1H3. The molecule has 3 aromatic rings. The Bertz CT molecular complexity index is 1670. The molecule has 1 saturated carbocycles. The molecule has 0 saturated heterocycles. The summed E-state index contributed by atoms with van der Waals surface area (Å²) in [5.74, 6) is 0. The summed E-state index contributed by atoms with van der Waals surface area (Å²) in [5, 5.41) is 5.97. The molecule has 0 aromatic heterocycles. The van der Waals surface area contributed by atoms with Gasteiger partial charge in [-0.2, -0.15) is 0 Å². The first-order chi connectivity index (χ1) is 20.1. The summed E-state index contributed by atoms with van der Waals surface area (Å²) in [6.45, 7) is 0.527. The summed E-state index contributed by atoms with van der Waals surface area (Å²) in [4.78, 5) is 10.5. The molecular formula is C34H34Cl2N4O. The second-order valence-corrected chi connectivity index (χ2v) is 11.7. The van der Waals surface area contributed by atoms with E-state index in [4.69, 9.17) is 37.9 Å². The number of ether oxygens (including phenoxy) is 1. The second kappa shape index (κ2) is 12.6. The van der Waals surface area contributed by atoms with Crippen LogP contribution in [0.5, 0.6) is 0 Å². The molecule has 6 rings (SSSR count). The Morgan fingerprint density at radius 3 is 2.24 bits per heavy atom. The van der Waals surface area contributed by atoms with E-state index in [1.807, 2.05) is 36.4 Å². The van der Waals surface area contributed by atoms with Crippen molar-refractivity contribution < 1.29 is 4.74 Å². The average molecular weight is 586 g/mol. The van der Waals surface area contributed by atoms with Crippen molar-refractivity contribution >= 4 is 45.6 Å². The largest absolute Gasteiger partial charge is 0.380 e. The van der Waals surface area contributed by atoms with Crippen molar-refractivity contribution in [3.05, 3.63) is 99.8 Å². The quantitative estimate of drug-likeness (QED) is 0.202. The van der Waals surface area contributed by atoms with Crippen LogP contribution in [0.15, 0.2) is 83.9 Å². The van der Waals surface area contributed by atoms with Gasteiger partial charge in [-0.05, 0) is 91.2 Å². The van der Waals surface area contributed by atoms with Crippen LogP contribution >= 0.6 is 23.2 Å². The molecule has 0 bridgehead atoms. The molecule has 0 amide bonds. The minimum absolute atomic E-state index is 0.299. The van der Waals surface area contributed by atoms with Crippen LogP contribution in [0.25, 0.3) is 28.1 Å². The van der Waals surface area contributed by atoms with Gasteiger partial charge in [0.05, 0.1) is 46.1 Å². The van der Waals surface area contributed by atoms with E-state index in [2.05, 4.69) is 52.3 Å². The van der Waals surface area contributed by atoms with Gasteiger partial charge in [-0.25, -0.2) is 4.98 Å². The molecular weight excluding hydrogens is 551 g/mol. The fraction of sp³-hybridized carbons (Fsp3) is 0.294. The highest BCUT2D eigenvalue weighted by Gasteiger charge is 2.18. The Morgan fingerprint density at radius 2 is 1.54 bits per heavy atom. The molecule has 3 aliphatic rings. The molecule has 2 aliphatic carbocycles. The predicted octanol–water partition coefficient (Wildman–Crippen LogP) is 9.34. The maximum atomic E-state index is 6.29. The first-order valence-electron chi connectivity index (χ1n) is 14.4. The van der Waals surface area contributed by atoms with Crippen molar-refractivity contribution in [2.24, 2.45) is 4.99 Å². The molecule has 7 heteroatoms. The Balaban J connectivity index is 1.60. The molecule has 210 valence electrons. The monoisotopic (exact) mass is 584 g/mol. The zero-order valence-electron chi connectivity index (χ0n) is 23.2. The summed E-state index contributed by atoms with van der Waals surface area (Å²) in [7, 11) is 1.71. The third kappa shape index (κ3) is 6.43. The SMILES string of the molecule is COCc1ccc2c(c1)nc1cc(Nc3ccc(Cl)cc3)c(=NC3CCCCCCC3)cc-1n2-c1ccc(Cl)cc1. The topological polar surface area (TPSA) is 51.4 Å². The van der Waals surface area contributed by atoms with Gasteiger partial charge < -0.3 is 14.6 Å². The third-order valence-electron chi connectivity index (χ3n) is 7.77. The molecule has 1 N–H and O–H groups in total. The van der Waals surface area contributed by atoms with Crippen LogP contribution < -0.4 is 10.7 Å². The van der Waals surface area contributed by atoms with Crippen LogP contribution in [0.1, 0.15) is 50.5 Å². The van der Waals surface area contributed by atoms with Crippen molar-refractivity contribution in [2.75, 3.05) is 12.4 Å². The Labute approximate surface area is 251 Å². The number of methoxy groups -OCH3 is 1. The lowest BCUT2D eigenvalue weighted by molar-refractivity contribution is 0.185. The van der Waals surface area contributed by atoms with Gasteiger partial charge in [0.25, 0.3) is 0 Å². The molecule has 0 atom stereocenters.